The van der Waals surface area contributed by atoms with E-state index < -0.39 is 0 Å². The molecule has 0 spiro atoms. The number of rotatable bonds is 10. The van der Waals surface area contributed by atoms with Gasteiger partial charge in [-0.05, 0) is 171 Å². The smallest absolute Gasteiger partial charge is 0.311 e. The molecule has 44 heavy (non-hydrogen) atoms. The van der Waals surface area contributed by atoms with Crippen LogP contribution in [0.15, 0.2) is 23.8 Å². The van der Waals surface area contributed by atoms with Gasteiger partial charge >= 0.3 is 11.9 Å². The summed E-state index contributed by atoms with van der Waals surface area (Å²) in [6.07, 6.45) is 16.4. The summed E-state index contributed by atoms with van der Waals surface area (Å²) in [5.74, 6) is 4.86. The van der Waals surface area contributed by atoms with Gasteiger partial charge in [-0.1, -0.05) is 65.5 Å². The van der Waals surface area contributed by atoms with Gasteiger partial charge in [-0.15, -0.1) is 0 Å². The maximum Gasteiger partial charge on any atom is 0.311 e. The van der Waals surface area contributed by atoms with Gasteiger partial charge in [0.15, 0.2) is 5.75 Å². The van der Waals surface area contributed by atoms with Gasteiger partial charge in [0, 0.05) is 9.99 Å². The third-order valence-electron chi connectivity index (χ3n) is 12.3. The van der Waals surface area contributed by atoms with Crippen molar-refractivity contribution in [2.24, 2.45) is 46.3 Å². The topological polar surface area (TPSA) is 52.6 Å². The fourth-order valence-electron chi connectivity index (χ4n) is 9.99. The van der Waals surface area contributed by atoms with Gasteiger partial charge in [0.2, 0.25) is 0 Å². The molecule has 3 fully saturated rings. The molecule has 0 saturated heterocycles. The molecule has 3 saturated carbocycles. The van der Waals surface area contributed by atoms with Crippen LogP contribution in [0.3, 0.4) is 0 Å². The average molecular weight is 941 g/mol. The van der Waals surface area contributed by atoms with E-state index in [2.05, 4.69) is 108 Å². The Hall–Kier alpha value is 0.0900. The molecule has 1 aromatic carbocycles. The number of hydrogen-bond acceptors (Lipinski definition) is 4. The summed E-state index contributed by atoms with van der Waals surface area (Å²) in [5.41, 5.74) is 2.27. The molecule has 244 valence electrons. The second-order valence-electron chi connectivity index (χ2n) is 15.3. The van der Waals surface area contributed by atoms with Crippen LogP contribution in [0.1, 0.15) is 118 Å². The summed E-state index contributed by atoms with van der Waals surface area (Å²) in [7, 11) is 0. The highest BCUT2D eigenvalue weighted by atomic mass is 127. The molecule has 8 atom stereocenters. The highest BCUT2D eigenvalue weighted by Gasteiger charge is 2.59. The Balaban J connectivity index is 1.14. The molecule has 0 unspecified atom stereocenters. The second kappa shape index (κ2) is 14.7. The number of hydrogen-bond donors (Lipinski definition) is 0. The number of halogens is 3. The van der Waals surface area contributed by atoms with E-state index in [1.165, 1.54) is 56.9 Å². The molecule has 0 aliphatic heterocycles. The number of ether oxygens (including phenoxy) is 2. The first-order valence-corrected chi connectivity index (χ1v) is 20.3. The van der Waals surface area contributed by atoms with Crippen LogP contribution in [-0.2, 0) is 14.3 Å². The summed E-state index contributed by atoms with van der Waals surface area (Å²) < 4.78 is 14.5. The number of allylic oxidation sites excluding steroid dienone is 1. The van der Waals surface area contributed by atoms with Crippen LogP contribution in [-0.4, -0.2) is 18.0 Å². The van der Waals surface area contributed by atoms with Crippen molar-refractivity contribution in [2.45, 2.75) is 124 Å². The SMILES string of the molecule is CC(C)CCC[C@@H](C)[C@H]1CC[C@H]2[C@@H]3CC=C4C[C@@H](OC(=O)CCC(=O)Oc5c(I)cc(I)cc5I)CC[C@]4(C)[C@H]3CC[C@]12C. The molecule has 4 nitrogen and oxygen atoms in total. The lowest BCUT2D eigenvalue weighted by molar-refractivity contribution is -0.153. The monoisotopic (exact) mass is 940 g/mol. The van der Waals surface area contributed by atoms with Gasteiger partial charge < -0.3 is 9.47 Å². The first kappa shape index (κ1) is 35.4. The van der Waals surface area contributed by atoms with Crippen molar-refractivity contribution in [3.8, 4) is 5.75 Å². The maximum atomic E-state index is 12.8. The predicted molar refractivity (Wildman–Crippen MR) is 202 cm³/mol. The molecule has 5 rings (SSSR count). The minimum Gasteiger partial charge on any atom is -0.462 e. The molecular weight excluding hydrogens is 889 g/mol. The minimum atomic E-state index is -0.389. The lowest BCUT2D eigenvalue weighted by atomic mass is 9.47. The normalized spacial score (nSPS) is 33.6. The molecule has 0 amide bonds. The van der Waals surface area contributed by atoms with Crippen LogP contribution < -0.4 is 4.74 Å². The van der Waals surface area contributed by atoms with Crippen molar-refractivity contribution in [3.63, 3.8) is 0 Å². The summed E-state index contributed by atoms with van der Waals surface area (Å²) in [6.45, 7) is 12.5. The van der Waals surface area contributed by atoms with Crippen molar-refractivity contribution in [1.29, 1.82) is 0 Å². The Kier molecular flexibility index (Phi) is 11.8. The molecule has 4 aliphatic rings. The van der Waals surface area contributed by atoms with E-state index in [9.17, 15) is 9.59 Å². The lowest BCUT2D eigenvalue weighted by Gasteiger charge is -2.58. The van der Waals surface area contributed by atoms with E-state index in [0.717, 1.165) is 65.5 Å². The summed E-state index contributed by atoms with van der Waals surface area (Å²) >= 11 is 6.62. The Morgan fingerprint density at radius 1 is 0.909 bits per heavy atom. The van der Waals surface area contributed by atoms with Gasteiger partial charge in [-0.25, -0.2) is 0 Å². The molecule has 0 heterocycles. The number of fused-ring (bicyclic) bond motifs is 5. The summed E-state index contributed by atoms with van der Waals surface area (Å²) in [5, 5.41) is 0. The Bertz CT molecular complexity index is 1240. The molecule has 0 bridgehead atoms. The van der Waals surface area contributed by atoms with Crippen molar-refractivity contribution < 1.29 is 19.1 Å². The Morgan fingerprint density at radius 2 is 1.61 bits per heavy atom. The molecule has 0 radical (unpaired) electrons. The van der Waals surface area contributed by atoms with E-state index in [-0.39, 0.29) is 36.3 Å². The minimum absolute atomic E-state index is 0.0331. The van der Waals surface area contributed by atoms with Gasteiger partial charge in [0.25, 0.3) is 0 Å². The fraction of sp³-hybridized carbons (Fsp3) is 0.730. The number of esters is 2. The van der Waals surface area contributed by atoms with E-state index in [4.69, 9.17) is 9.47 Å². The highest BCUT2D eigenvalue weighted by Crippen LogP contribution is 2.67. The average Bonchev–Trinajstić information content (AvgIpc) is 3.31. The standard InChI is InChI=1S/C37H51I3O4/c1-22(2)7-6-8-23(3)28-11-12-29-27-10-9-24-19-26(15-17-36(24,4)30(27)16-18-37(28,29)5)43-33(41)13-14-34(42)44-35-31(39)20-25(38)21-32(35)40/h9,20-23,26-30H,6-8,10-19H2,1-5H3/t23-,26+,27+,28-,29+,30+,36+,37-/m1/s1. The van der Waals surface area contributed by atoms with Gasteiger partial charge in [0.1, 0.15) is 6.10 Å². The summed E-state index contributed by atoms with van der Waals surface area (Å²) in [6, 6.07) is 3.96. The van der Waals surface area contributed by atoms with Crippen LogP contribution in [0, 0.1) is 57.0 Å². The zero-order valence-corrected chi connectivity index (χ0v) is 33.7. The largest absolute Gasteiger partial charge is 0.462 e. The maximum absolute atomic E-state index is 12.8. The number of benzene rings is 1. The van der Waals surface area contributed by atoms with E-state index >= 15 is 0 Å². The lowest BCUT2D eigenvalue weighted by Crippen LogP contribution is -2.51. The second-order valence-corrected chi connectivity index (χ2v) is 18.9. The van der Waals surface area contributed by atoms with Crippen LogP contribution in [0.2, 0.25) is 0 Å². The summed E-state index contributed by atoms with van der Waals surface area (Å²) in [4.78, 5) is 25.4. The molecule has 4 aliphatic carbocycles. The van der Waals surface area contributed by atoms with E-state index in [1.54, 1.807) is 0 Å². The molecule has 0 aromatic heterocycles. The van der Waals surface area contributed by atoms with Gasteiger partial charge in [-0.2, -0.15) is 0 Å². The number of carbonyl (C=O) groups excluding carboxylic acids is 2. The zero-order valence-electron chi connectivity index (χ0n) is 27.2. The van der Waals surface area contributed by atoms with Crippen molar-refractivity contribution in [3.05, 3.63) is 34.5 Å². The first-order valence-electron chi connectivity index (χ1n) is 17.1. The third kappa shape index (κ3) is 7.54. The van der Waals surface area contributed by atoms with Crippen molar-refractivity contribution >= 4 is 79.7 Å². The van der Waals surface area contributed by atoms with E-state index in [1.807, 2.05) is 12.1 Å². The van der Waals surface area contributed by atoms with Crippen molar-refractivity contribution in [2.75, 3.05) is 0 Å². The number of carbonyl (C=O) groups is 2. The highest BCUT2D eigenvalue weighted by molar-refractivity contribution is 14.1. The van der Waals surface area contributed by atoms with Gasteiger partial charge in [-0.3, -0.25) is 9.59 Å². The first-order chi connectivity index (χ1) is 20.8. The van der Waals surface area contributed by atoms with Gasteiger partial charge in [0.05, 0.1) is 20.0 Å². The third-order valence-corrected chi connectivity index (χ3v) is 14.5. The Labute approximate surface area is 306 Å². The van der Waals surface area contributed by atoms with Crippen LogP contribution in [0.5, 0.6) is 5.75 Å². The zero-order chi connectivity index (χ0) is 31.8. The molecule has 1 aromatic rings. The van der Waals surface area contributed by atoms with Crippen LogP contribution >= 0.6 is 67.8 Å². The fourth-order valence-corrected chi connectivity index (χ4v) is 13.8. The van der Waals surface area contributed by atoms with Crippen LogP contribution in [0.25, 0.3) is 0 Å². The van der Waals surface area contributed by atoms with Crippen LogP contribution in [0.4, 0.5) is 0 Å². The molecule has 7 heteroatoms. The van der Waals surface area contributed by atoms with E-state index in [0.29, 0.717) is 11.2 Å². The predicted octanol–water partition coefficient (Wildman–Crippen LogP) is 11.1. The quantitative estimate of drug-likeness (QED) is 0.102. The molecule has 0 N–H and O–H groups in total. The Morgan fingerprint density at radius 3 is 2.32 bits per heavy atom. The molecular formula is C37H51I3O4. The van der Waals surface area contributed by atoms with Crippen molar-refractivity contribution in [1.82, 2.24) is 0 Å².